The van der Waals surface area contributed by atoms with Crippen molar-refractivity contribution in [2.75, 3.05) is 13.2 Å². The van der Waals surface area contributed by atoms with Crippen LogP contribution in [0.4, 0.5) is 0 Å². The topological polar surface area (TPSA) is 78.9 Å². The van der Waals surface area contributed by atoms with Gasteiger partial charge in [-0.2, -0.15) is 0 Å². The van der Waals surface area contributed by atoms with Crippen LogP contribution in [0.15, 0.2) is 122 Å². The van der Waals surface area contributed by atoms with E-state index in [9.17, 15) is 14.4 Å². The van der Waals surface area contributed by atoms with E-state index in [0.29, 0.717) is 19.3 Å². The van der Waals surface area contributed by atoms with Gasteiger partial charge in [-0.1, -0.05) is 284 Å². The first kappa shape index (κ1) is 76.8. The Labute approximate surface area is 501 Å². The molecular weight excluding hydrogens is 997 g/mol. The number of allylic oxidation sites excluding steroid dienone is 20. The highest BCUT2D eigenvalue weighted by Crippen LogP contribution is 2.16. The molecule has 0 N–H and O–H groups in total. The quantitative estimate of drug-likeness (QED) is 0.0261. The molecule has 81 heavy (non-hydrogen) atoms. The minimum absolute atomic E-state index is 0.0860. The molecule has 0 radical (unpaired) electrons. The highest BCUT2D eigenvalue weighted by Gasteiger charge is 2.19. The van der Waals surface area contributed by atoms with Crippen LogP contribution in [0.2, 0.25) is 0 Å². The SMILES string of the molecule is CC/C=C\C/C=C\C/C=C\C/C=C\C/C=C\C/C=C\C/C=C\C/C=C\CCCCCCCCCCCCC(=O)OCC(COC(=O)CCCCCCC/C=C\CCCCCC)OC(=O)CCCCCCC/C=C\CCCCCCCC. The van der Waals surface area contributed by atoms with E-state index in [0.717, 1.165) is 128 Å². The smallest absolute Gasteiger partial charge is 0.306 e. The summed E-state index contributed by atoms with van der Waals surface area (Å²) in [4.78, 5) is 38.3. The van der Waals surface area contributed by atoms with Gasteiger partial charge in [-0.05, 0) is 135 Å². The molecule has 0 rings (SSSR count). The van der Waals surface area contributed by atoms with Gasteiger partial charge in [0.15, 0.2) is 6.10 Å². The molecule has 462 valence electrons. The first-order chi connectivity index (χ1) is 40.0. The zero-order valence-corrected chi connectivity index (χ0v) is 53.0. The lowest BCUT2D eigenvalue weighted by Gasteiger charge is -2.18. The molecule has 0 aromatic rings. The predicted molar refractivity (Wildman–Crippen MR) is 353 cm³/mol. The Morgan fingerprint density at radius 1 is 0.259 bits per heavy atom. The van der Waals surface area contributed by atoms with Crippen molar-refractivity contribution in [2.45, 2.75) is 322 Å². The van der Waals surface area contributed by atoms with Gasteiger partial charge in [0.2, 0.25) is 0 Å². The van der Waals surface area contributed by atoms with Crippen molar-refractivity contribution >= 4 is 17.9 Å². The summed E-state index contributed by atoms with van der Waals surface area (Å²) in [6, 6.07) is 0. The van der Waals surface area contributed by atoms with Gasteiger partial charge in [-0.15, -0.1) is 0 Å². The third-order valence-corrected chi connectivity index (χ3v) is 14.4. The average molecular weight is 1120 g/mol. The molecular formula is C75H126O6. The Bertz CT molecular complexity index is 1670. The van der Waals surface area contributed by atoms with E-state index in [4.69, 9.17) is 14.2 Å². The standard InChI is InChI=1S/C75H126O6/c1-4-7-10-13-16-19-22-25-27-28-29-30-31-32-33-34-35-36-37-38-39-40-41-42-43-44-45-46-48-50-53-56-59-62-65-68-74(77)80-71-72(70-79-73(76)67-64-61-58-55-52-49-24-21-18-15-12-9-6-3)81-75(78)69-66-63-60-57-54-51-47-26-23-20-17-14-11-8-5-2/h7,10,16,19,21,24-27,29-30,32-33,35-36,38-39,41-42,47,72H,4-6,8-9,11-15,17-18,20,22-23,28,31,34,37,40,43-46,48-71H2,1-3H3/b10-7-,19-16-,24-21-,27-25-,30-29-,33-32-,36-35-,39-38-,42-41-,47-26-. The van der Waals surface area contributed by atoms with Crippen LogP contribution in [0.1, 0.15) is 316 Å². The fourth-order valence-electron chi connectivity index (χ4n) is 9.33. The summed E-state index contributed by atoms with van der Waals surface area (Å²) in [5.41, 5.74) is 0. The molecule has 0 amide bonds. The van der Waals surface area contributed by atoms with Crippen LogP contribution in [0, 0.1) is 0 Å². The Morgan fingerprint density at radius 3 is 0.778 bits per heavy atom. The van der Waals surface area contributed by atoms with E-state index >= 15 is 0 Å². The van der Waals surface area contributed by atoms with Gasteiger partial charge in [-0.3, -0.25) is 14.4 Å². The van der Waals surface area contributed by atoms with Gasteiger partial charge in [0.25, 0.3) is 0 Å². The maximum atomic E-state index is 12.9. The fraction of sp³-hybridized carbons (Fsp3) is 0.693. The van der Waals surface area contributed by atoms with Crippen molar-refractivity contribution in [1.82, 2.24) is 0 Å². The largest absolute Gasteiger partial charge is 0.462 e. The molecule has 0 saturated heterocycles. The van der Waals surface area contributed by atoms with E-state index in [1.54, 1.807) is 0 Å². The van der Waals surface area contributed by atoms with Crippen LogP contribution in [-0.4, -0.2) is 37.2 Å². The monoisotopic (exact) mass is 1120 g/mol. The number of esters is 3. The highest BCUT2D eigenvalue weighted by molar-refractivity contribution is 5.71. The van der Waals surface area contributed by atoms with Crippen molar-refractivity contribution in [3.8, 4) is 0 Å². The Kier molecular flexibility index (Phi) is 64.8. The lowest BCUT2D eigenvalue weighted by molar-refractivity contribution is -0.167. The van der Waals surface area contributed by atoms with E-state index in [1.807, 2.05) is 0 Å². The number of carbonyl (C=O) groups excluding carboxylic acids is 3. The van der Waals surface area contributed by atoms with Crippen LogP contribution in [0.3, 0.4) is 0 Å². The molecule has 0 fully saturated rings. The van der Waals surface area contributed by atoms with Crippen molar-refractivity contribution in [3.05, 3.63) is 122 Å². The van der Waals surface area contributed by atoms with Gasteiger partial charge in [0.1, 0.15) is 13.2 Å². The summed E-state index contributed by atoms with van der Waals surface area (Å²) < 4.78 is 16.9. The zero-order chi connectivity index (χ0) is 58.5. The predicted octanol–water partition coefficient (Wildman–Crippen LogP) is 23.6. The van der Waals surface area contributed by atoms with Crippen LogP contribution in [-0.2, 0) is 28.6 Å². The number of ether oxygens (including phenoxy) is 3. The fourth-order valence-corrected chi connectivity index (χ4v) is 9.33. The van der Waals surface area contributed by atoms with E-state index in [2.05, 4.69) is 142 Å². The summed E-state index contributed by atoms with van der Waals surface area (Å²) in [6.07, 6.45) is 95.0. The molecule has 0 aliphatic rings. The average Bonchev–Trinajstić information content (AvgIpc) is 3.46. The Morgan fingerprint density at radius 2 is 0.481 bits per heavy atom. The van der Waals surface area contributed by atoms with Crippen LogP contribution in [0.25, 0.3) is 0 Å². The molecule has 0 heterocycles. The molecule has 1 atom stereocenters. The first-order valence-corrected chi connectivity index (χ1v) is 34.0. The summed E-state index contributed by atoms with van der Waals surface area (Å²) in [5.74, 6) is -0.900. The van der Waals surface area contributed by atoms with Crippen molar-refractivity contribution in [2.24, 2.45) is 0 Å². The summed E-state index contributed by atoms with van der Waals surface area (Å²) in [7, 11) is 0. The van der Waals surface area contributed by atoms with Crippen LogP contribution in [0.5, 0.6) is 0 Å². The van der Waals surface area contributed by atoms with Crippen molar-refractivity contribution < 1.29 is 28.6 Å². The second kappa shape index (κ2) is 68.3. The van der Waals surface area contributed by atoms with Gasteiger partial charge in [0.05, 0.1) is 0 Å². The molecule has 6 heteroatoms. The van der Waals surface area contributed by atoms with Crippen molar-refractivity contribution in [1.29, 1.82) is 0 Å². The number of hydrogen-bond donors (Lipinski definition) is 0. The maximum Gasteiger partial charge on any atom is 0.306 e. The molecule has 0 aromatic carbocycles. The second-order valence-electron chi connectivity index (χ2n) is 22.3. The molecule has 0 aromatic heterocycles. The first-order valence-electron chi connectivity index (χ1n) is 34.0. The number of unbranched alkanes of at least 4 members (excludes halogenated alkanes) is 30. The van der Waals surface area contributed by atoms with Crippen molar-refractivity contribution in [3.63, 3.8) is 0 Å². The third kappa shape index (κ3) is 66.5. The van der Waals surface area contributed by atoms with Crippen LogP contribution >= 0.6 is 0 Å². The molecule has 0 saturated carbocycles. The highest BCUT2D eigenvalue weighted by atomic mass is 16.6. The van der Waals surface area contributed by atoms with Gasteiger partial charge in [-0.25, -0.2) is 0 Å². The molecule has 6 nitrogen and oxygen atoms in total. The number of rotatable bonds is 61. The summed E-state index contributed by atoms with van der Waals surface area (Å²) in [6.45, 7) is 6.51. The molecule has 1 unspecified atom stereocenters. The van der Waals surface area contributed by atoms with Gasteiger partial charge in [0, 0.05) is 19.3 Å². The van der Waals surface area contributed by atoms with E-state index in [1.165, 1.54) is 148 Å². The normalized spacial score (nSPS) is 12.9. The third-order valence-electron chi connectivity index (χ3n) is 14.4. The Hall–Kier alpha value is -4.19. The minimum Gasteiger partial charge on any atom is -0.462 e. The summed E-state index contributed by atoms with van der Waals surface area (Å²) in [5, 5.41) is 0. The minimum atomic E-state index is -0.789. The molecule has 0 aliphatic heterocycles. The van der Waals surface area contributed by atoms with Crippen LogP contribution < -0.4 is 0 Å². The van der Waals surface area contributed by atoms with E-state index in [-0.39, 0.29) is 31.1 Å². The summed E-state index contributed by atoms with van der Waals surface area (Å²) >= 11 is 0. The zero-order valence-electron chi connectivity index (χ0n) is 53.0. The number of carbonyl (C=O) groups is 3. The molecule has 0 aliphatic carbocycles. The lowest BCUT2D eigenvalue weighted by atomic mass is 10.1. The molecule has 0 bridgehead atoms. The van der Waals surface area contributed by atoms with Gasteiger partial charge < -0.3 is 14.2 Å². The maximum absolute atomic E-state index is 12.9. The van der Waals surface area contributed by atoms with E-state index < -0.39 is 6.10 Å². The Balaban J connectivity index is 4.22. The van der Waals surface area contributed by atoms with Gasteiger partial charge >= 0.3 is 17.9 Å². The molecule has 0 spiro atoms. The number of hydrogen-bond acceptors (Lipinski definition) is 6. The lowest BCUT2D eigenvalue weighted by Crippen LogP contribution is -2.30. The second-order valence-corrected chi connectivity index (χ2v) is 22.3.